The number of nitrogens with one attached hydrogen (secondary N) is 1. The quantitative estimate of drug-likeness (QED) is 0.914. The molecule has 0 saturated heterocycles. The highest BCUT2D eigenvalue weighted by atomic mass is 35.5. The van der Waals surface area contributed by atoms with Crippen molar-refractivity contribution in [2.24, 2.45) is 0 Å². The second kappa shape index (κ2) is 5.27. The normalized spacial score (nSPS) is 14.8. The Balaban J connectivity index is 1.63. The Morgan fingerprint density at radius 3 is 3.00 bits per heavy atom. The van der Waals surface area contributed by atoms with Crippen LogP contribution in [0.1, 0.15) is 24.2 Å². The summed E-state index contributed by atoms with van der Waals surface area (Å²) in [5.74, 6) is 0.358. The Morgan fingerprint density at radius 2 is 2.26 bits per heavy atom. The first kappa shape index (κ1) is 12.6. The second-order valence-electron chi connectivity index (χ2n) is 4.76. The van der Waals surface area contributed by atoms with E-state index in [0.717, 1.165) is 11.4 Å². The van der Waals surface area contributed by atoms with Gasteiger partial charge in [-0.05, 0) is 30.5 Å². The third kappa shape index (κ3) is 3.30. The summed E-state index contributed by atoms with van der Waals surface area (Å²) in [6.45, 7) is 1.18. The maximum absolute atomic E-state index is 13.3. The van der Waals surface area contributed by atoms with E-state index >= 15 is 0 Å². The van der Waals surface area contributed by atoms with Gasteiger partial charge >= 0.3 is 0 Å². The summed E-state index contributed by atoms with van der Waals surface area (Å²) in [7, 11) is 0. The van der Waals surface area contributed by atoms with E-state index in [1.54, 1.807) is 23.1 Å². The van der Waals surface area contributed by atoms with Gasteiger partial charge in [0.1, 0.15) is 12.1 Å². The molecule has 6 heteroatoms. The first-order chi connectivity index (χ1) is 9.20. The van der Waals surface area contributed by atoms with Gasteiger partial charge in [0.15, 0.2) is 5.82 Å². The van der Waals surface area contributed by atoms with E-state index in [4.69, 9.17) is 11.6 Å². The summed E-state index contributed by atoms with van der Waals surface area (Å²) in [6, 6.07) is 5.40. The number of hydrogen-bond donors (Lipinski definition) is 1. The molecule has 0 unspecified atom stereocenters. The number of rotatable bonds is 5. The molecule has 1 saturated carbocycles. The number of aromatic nitrogens is 3. The second-order valence-corrected chi connectivity index (χ2v) is 5.17. The maximum Gasteiger partial charge on any atom is 0.164 e. The van der Waals surface area contributed by atoms with Crippen LogP contribution in [0.15, 0.2) is 24.5 Å². The van der Waals surface area contributed by atoms with E-state index in [0.29, 0.717) is 19.1 Å². The molecule has 0 radical (unpaired) electrons. The number of benzene rings is 1. The molecule has 1 N–H and O–H groups in total. The van der Waals surface area contributed by atoms with Gasteiger partial charge in [-0.1, -0.05) is 17.7 Å². The Labute approximate surface area is 115 Å². The van der Waals surface area contributed by atoms with Gasteiger partial charge in [0, 0.05) is 6.04 Å². The first-order valence-corrected chi connectivity index (χ1v) is 6.64. The molecule has 4 nitrogen and oxygen atoms in total. The largest absolute Gasteiger partial charge is 0.307 e. The van der Waals surface area contributed by atoms with Crippen LogP contribution in [0.2, 0.25) is 5.02 Å². The molecule has 19 heavy (non-hydrogen) atoms. The molecule has 0 bridgehead atoms. The zero-order valence-corrected chi connectivity index (χ0v) is 11.1. The van der Waals surface area contributed by atoms with E-state index in [2.05, 4.69) is 15.4 Å². The van der Waals surface area contributed by atoms with Gasteiger partial charge < -0.3 is 5.32 Å². The van der Waals surface area contributed by atoms with Crippen molar-refractivity contribution in [3.63, 3.8) is 0 Å². The SMILES string of the molecule is Fc1cc(Cn2cnc(CNC3CC3)n2)ccc1Cl. The van der Waals surface area contributed by atoms with E-state index in [1.165, 1.54) is 18.9 Å². The number of nitrogens with zero attached hydrogens (tertiary/aromatic N) is 3. The topological polar surface area (TPSA) is 42.7 Å². The number of halogens is 2. The van der Waals surface area contributed by atoms with Crippen molar-refractivity contribution >= 4 is 11.6 Å². The molecule has 1 aromatic carbocycles. The lowest BCUT2D eigenvalue weighted by Gasteiger charge is -2.02. The molecule has 0 amide bonds. The van der Waals surface area contributed by atoms with E-state index in [1.807, 2.05) is 0 Å². The summed E-state index contributed by atoms with van der Waals surface area (Å²) >= 11 is 5.65. The van der Waals surface area contributed by atoms with E-state index in [-0.39, 0.29) is 5.02 Å². The predicted molar refractivity (Wildman–Crippen MR) is 70.4 cm³/mol. The maximum atomic E-state index is 13.3. The Kier molecular flexibility index (Phi) is 3.48. The first-order valence-electron chi connectivity index (χ1n) is 6.26. The van der Waals surface area contributed by atoms with Crippen molar-refractivity contribution < 1.29 is 4.39 Å². The highest BCUT2D eigenvalue weighted by molar-refractivity contribution is 6.30. The average molecular weight is 281 g/mol. The standard InChI is InChI=1S/C13H14ClFN4/c14-11-4-1-9(5-12(11)15)7-19-8-17-13(18-19)6-16-10-2-3-10/h1,4-5,8,10,16H,2-3,6-7H2. The molecule has 3 rings (SSSR count). The highest BCUT2D eigenvalue weighted by Crippen LogP contribution is 2.19. The molecule has 1 aromatic heterocycles. The summed E-state index contributed by atoms with van der Waals surface area (Å²) < 4.78 is 15.0. The lowest BCUT2D eigenvalue weighted by molar-refractivity contribution is 0.612. The molecule has 2 aromatic rings. The molecule has 1 heterocycles. The van der Waals surface area contributed by atoms with Crippen LogP contribution in [-0.4, -0.2) is 20.8 Å². The van der Waals surface area contributed by atoms with Crippen LogP contribution >= 0.6 is 11.6 Å². The predicted octanol–water partition coefficient (Wildman–Crippen LogP) is 2.37. The van der Waals surface area contributed by atoms with Gasteiger partial charge in [-0.15, -0.1) is 0 Å². The third-order valence-electron chi connectivity index (χ3n) is 3.04. The minimum absolute atomic E-state index is 0.136. The molecule has 0 spiro atoms. The monoisotopic (exact) mass is 280 g/mol. The van der Waals surface area contributed by atoms with Crippen LogP contribution in [0, 0.1) is 5.82 Å². The van der Waals surface area contributed by atoms with Crippen LogP contribution in [-0.2, 0) is 13.1 Å². The number of hydrogen-bond acceptors (Lipinski definition) is 3. The van der Waals surface area contributed by atoms with Crippen molar-refractivity contribution in [2.45, 2.75) is 32.0 Å². The van der Waals surface area contributed by atoms with Crippen molar-refractivity contribution in [1.82, 2.24) is 20.1 Å². The van der Waals surface area contributed by atoms with Crippen molar-refractivity contribution in [3.8, 4) is 0 Å². The Bertz CT molecular complexity index is 580. The fraction of sp³-hybridized carbons (Fsp3) is 0.385. The molecule has 1 aliphatic carbocycles. The summed E-state index contributed by atoms with van der Waals surface area (Å²) in [4.78, 5) is 4.22. The van der Waals surface area contributed by atoms with Gasteiger partial charge in [0.25, 0.3) is 0 Å². The average Bonchev–Trinajstić information content (AvgIpc) is 3.12. The molecule has 0 aliphatic heterocycles. The fourth-order valence-electron chi connectivity index (χ4n) is 1.84. The summed E-state index contributed by atoms with van der Waals surface area (Å²) in [6.07, 6.45) is 4.14. The minimum atomic E-state index is -0.407. The van der Waals surface area contributed by atoms with Crippen LogP contribution in [0.5, 0.6) is 0 Å². The molecule has 100 valence electrons. The van der Waals surface area contributed by atoms with Crippen LogP contribution in [0.3, 0.4) is 0 Å². The summed E-state index contributed by atoms with van der Waals surface area (Å²) in [5, 5.41) is 7.83. The van der Waals surface area contributed by atoms with E-state index < -0.39 is 5.82 Å². The van der Waals surface area contributed by atoms with Gasteiger partial charge in [-0.25, -0.2) is 14.1 Å². The van der Waals surface area contributed by atoms with Crippen LogP contribution in [0.25, 0.3) is 0 Å². The molecule has 0 atom stereocenters. The molecule has 1 aliphatic rings. The minimum Gasteiger partial charge on any atom is -0.307 e. The fourth-order valence-corrected chi connectivity index (χ4v) is 1.96. The highest BCUT2D eigenvalue weighted by Gasteiger charge is 2.20. The molecule has 1 fully saturated rings. The Hall–Kier alpha value is -1.46. The van der Waals surface area contributed by atoms with Gasteiger partial charge in [-0.3, -0.25) is 0 Å². The van der Waals surface area contributed by atoms with Crippen LogP contribution < -0.4 is 5.32 Å². The molecular weight excluding hydrogens is 267 g/mol. The van der Waals surface area contributed by atoms with Crippen LogP contribution in [0.4, 0.5) is 4.39 Å². The van der Waals surface area contributed by atoms with Crippen molar-refractivity contribution in [3.05, 3.63) is 46.8 Å². The lowest BCUT2D eigenvalue weighted by Crippen LogP contribution is -2.16. The molecular formula is C13H14ClFN4. The summed E-state index contributed by atoms with van der Waals surface area (Å²) in [5.41, 5.74) is 0.813. The zero-order chi connectivity index (χ0) is 13.2. The van der Waals surface area contributed by atoms with Gasteiger partial charge in [-0.2, -0.15) is 5.10 Å². The van der Waals surface area contributed by atoms with Gasteiger partial charge in [0.05, 0.1) is 18.1 Å². The third-order valence-corrected chi connectivity index (χ3v) is 3.35. The smallest absolute Gasteiger partial charge is 0.164 e. The van der Waals surface area contributed by atoms with Crippen molar-refractivity contribution in [2.75, 3.05) is 0 Å². The van der Waals surface area contributed by atoms with Gasteiger partial charge in [0.2, 0.25) is 0 Å². The zero-order valence-electron chi connectivity index (χ0n) is 10.3. The van der Waals surface area contributed by atoms with Crippen molar-refractivity contribution in [1.29, 1.82) is 0 Å². The van der Waals surface area contributed by atoms with E-state index in [9.17, 15) is 4.39 Å². The lowest BCUT2D eigenvalue weighted by atomic mass is 10.2. The Morgan fingerprint density at radius 1 is 1.42 bits per heavy atom.